The van der Waals surface area contributed by atoms with Gasteiger partial charge < -0.3 is 14.5 Å². The summed E-state index contributed by atoms with van der Waals surface area (Å²) in [6, 6.07) is 21.7. The number of hydrogen-bond acceptors (Lipinski definition) is 4. The highest BCUT2D eigenvalue weighted by atomic mass is 19.1. The van der Waals surface area contributed by atoms with Crippen LogP contribution in [0.5, 0.6) is 0 Å². The van der Waals surface area contributed by atoms with E-state index < -0.39 is 11.8 Å². The summed E-state index contributed by atoms with van der Waals surface area (Å²) in [4.78, 5) is 42.0. The number of fused-ring (bicyclic) bond motifs is 1. The molecular formula is C28H27FN2O4. The van der Waals surface area contributed by atoms with Crippen molar-refractivity contribution in [3.05, 3.63) is 95.8 Å². The van der Waals surface area contributed by atoms with Gasteiger partial charge in [-0.25, -0.2) is 4.39 Å². The summed E-state index contributed by atoms with van der Waals surface area (Å²) in [5, 5.41) is 0. The molecule has 0 saturated heterocycles. The maximum absolute atomic E-state index is 13.5. The van der Waals surface area contributed by atoms with Gasteiger partial charge in [-0.05, 0) is 61.4 Å². The predicted molar refractivity (Wildman–Crippen MR) is 132 cm³/mol. The van der Waals surface area contributed by atoms with Crippen molar-refractivity contribution in [1.29, 1.82) is 0 Å². The lowest BCUT2D eigenvalue weighted by Gasteiger charge is -2.43. The van der Waals surface area contributed by atoms with Gasteiger partial charge in [0.25, 0.3) is 5.91 Å². The van der Waals surface area contributed by atoms with Crippen LogP contribution in [0, 0.1) is 5.82 Å². The van der Waals surface area contributed by atoms with Crippen LogP contribution in [0.3, 0.4) is 0 Å². The largest absolute Gasteiger partial charge is 0.469 e. The molecule has 1 aliphatic rings. The monoisotopic (exact) mass is 474 g/mol. The standard InChI is InChI=1S/C28H27FN2O4/c1-19-18-25(31(22-8-4-3-5-9-22)26(32)16-17-27(33)35-2)23-10-6-7-11-24(23)30(19)28(34)20-12-14-21(29)15-13-20/h3-15,19,25H,16-18H2,1-2H3/t19-,25+/m1/s1. The number of esters is 1. The number of rotatable bonds is 6. The van der Waals surface area contributed by atoms with Crippen LogP contribution >= 0.6 is 0 Å². The van der Waals surface area contributed by atoms with E-state index in [1.165, 1.54) is 31.4 Å². The second-order valence-corrected chi connectivity index (χ2v) is 8.52. The Balaban J connectivity index is 1.73. The summed E-state index contributed by atoms with van der Waals surface area (Å²) in [6.07, 6.45) is 0.480. The molecule has 2 atom stereocenters. The van der Waals surface area contributed by atoms with Crippen molar-refractivity contribution in [2.75, 3.05) is 16.9 Å². The lowest BCUT2D eigenvalue weighted by atomic mass is 9.89. The number of ether oxygens (including phenoxy) is 1. The van der Waals surface area contributed by atoms with E-state index in [0.717, 1.165) is 5.56 Å². The Bertz CT molecular complexity index is 1210. The maximum atomic E-state index is 13.5. The molecule has 4 rings (SSSR count). The molecule has 0 unspecified atom stereocenters. The zero-order valence-corrected chi connectivity index (χ0v) is 19.7. The molecule has 35 heavy (non-hydrogen) atoms. The zero-order valence-electron chi connectivity index (χ0n) is 19.7. The Morgan fingerprint density at radius 3 is 2.29 bits per heavy atom. The second-order valence-electron chi connectivity index (χ2n) is 8.52. The third kappa shape index (κ3) is 5.09. The van der Waals surface area contributed by atoms with Crippen molar-refractivity contribution in [1.82, 2.24) is 0 Å². The lowest BCUT2D eigenvalue weighted by Crippen LogP contribution is -2.47. The van der Waals surface area contributed by atoms with Crippen molar-refractivity contribution >= 4 is 29.2 Å². The molecule has 0 radical (unpaired) electrons. The van der Waals surface area contributed by atoms with Crippen molar-refractivity contribution < 1.29 is 23.5 Å². The number of halogens is 1. The first kappa shape index (κ1) is 24.1. The fourth-order valence-corrected chi connectivity index (χ4v) is 4.59. The first-order valence-electron chi connectivity index (χ1n) is 11.5. The summed E-state index contributed by atoms with van der Waals surface area (Å²) >= 11 is 0. The predicted octanol–water partition coefficient (Wildman–Crippen LogP) is 5.29. The number of carbonyl (C=O) groups excluding carboxylic acids is 3. The average Bonchev–Trinajstić information content (AvgIpc) is 2.88. The molecule has 0 spiro atoms. The van der Waals surface area contributed by atoms with Crippen LogP contribution in [-0.4, -0.2) is 30.9 Å². The molecular weight excluding hydrogens is 447 g/mol. The highest BCUT2D eigenvalue weighted by Gasteiger charge is 2.38. The minimum Gasteiger partial charge on any atom is -0.469 e. The summed E-state index contributed by atoms with van der Waals surface area (Å²) in [5.41, 5.74) is 2.64. The van der Waals surface area contributed by atoms with Crippen molar-refractivity contribution in [3.8, 4) is 0 Å². The Morgan fingerprint density at radius 2 is 1.60 bits per heavy atom. The van der Waals surface area contributed by atoms with Crippen LogP contribution in [0.2, 0.25) is 0 Å². The number of anilines is 2. The number of amides is 2. The third-order valence-corrected chi connectivity index (χ3v) is 6.26. The Labute approximate surface area is 203 Å². The molecule has 180 valence electrons. The first-order chi connectivity index (χ1) is 16.9. The van der Waals surface area contributed by atoms with Crippen molar-refractivity contribution in [3.63, 3.8) is 0 Å². The fourth-order valence-electron chi connectivity index (χ4n) is 4.59. The Hall–Kier alpha value is -4.00. The number of methoxy groups -OCH3 is 1. The third-order valence-electron chi connectivity index (χ3n) is 6.26. The van der Waals surface area contributed by atoms with Gasteiger partial charge >= 0.3 is 5.97 Å². The summed E-state index contributed by atoms with van der Waals surface area (Å²) < 4.78 is 18.1. The van der Waals surface area contributed by atoms with Crippen LogP contribution in [0.15, 0.2) is 78.9 Å². The molecule has 3 aromatic rings. The van der Waals surface area contributed by atoms with E-state index in [1.54, 1.807) is 9.80 Å². The molecule has 0 N–H and O–H groups in total. The minimum absolute atomic E-state index is 0.00679. The highest BCUT2D eigenvalue weighted by Crippen LogP contribution is 2.43. The van der Waals surface area contributed by atoms with E-state index in [4.69, 9.17) is 4.74 Å². The van der Waals surface area contributed by atoms with E-state index in [9.17, 15) is 18.8 Å². The summed E-state index contributed by atoms with van der Waals surface area (Å²) in [7, 11) is 1.30. The van der Waals surface area contributed by atoms with E-state index in [0.29, 0.717) is 23.4 Å². The van der Waals surface area contributed by atoms with Crippen LogP contribution in [0.4, 0.5) is 15.8 Å². The SMILES string of the molecule is COC(=O)CCC(=O)N(c1ccccc1)[C@H]1C[C@@H](C)N(C(=O)c2ccc(F)cc2)c2ccccc21. The minimum atomic E-state index is -0.445. The molecule has 0 aliphatic carbocycles. The average molecular weight is 475 g/mol. The van der Waals surface area contributed by atoms with Crippen LogP contribution in [0.25, 0.3) is 0 Å². The number of carbonyl (C=O) groups is 3. The molecule has 1 heterocycles. The van der Waals surface area contributed by atoms with Crippen LogP contribution in [0.1, 0.15) is 48.1 Å². The molecule has 1 aliphatic heterocycles. The van der Waals surface area contributed by atoms with Gasteiger partial charge in [0, 0.05) is 29.4 Å². The number of para-hydroxylation sites is 2. The van der Waals surface area contributed by atoms with Gasteiger partial charge in [-0.15, -0.1) is 0 Å². The Morgan fingerprint density at radius 1 is 0.943 bits per heavy atom. The number of benzene rings is 3. The molecule has 0 saturated carbocycles. The van der Waals surface area contributed by atoms with Crippen molar-refractivity contribution in [2.24, 2.45) is 0 Å². The fraction of sp³-hybridized carbons (Fsp3) is 0.250. The van der Waals surface area contributed by atoms with Gasteiger partial charge in [0.1, 0.15) is 5.82 Å². The van der Waals surface area contributed by atoms with Crippen LogP contribution in [-0.2, 0) is 14.3 Å². The quantitative estimate of drug-likeness (QED) is 0.455. The van der Waals surface area contributed by atoms with Gasteiger partial charge in [0.05, 0.1) is 19.6 Å². The maximum Gasteiger partial charge on any atom is 0.306 e. The van der Waals surface area contributed by atoms with Gasteiger partial charge in [0.15, 0.2) is 0 Å². The van der Waals surface area contributed by atoms with Crippen molar-refractivity contribution in [2.45, 2.75) is 38.3 Å². The molecule has 0 aromatic heterocycles. The lowest BCUT2D eigenvalue weighted by molar-refractivity contribution is -0.141. The first-order valence-corrected chi connectivity index (χ1v) is 11.5. The van der Waals surface area contributed by atoms with Crippen LogP contribution < -0.4 is 9.80 Å². The normalized spacial score (nSPS) is 16.8. The van der Waals surface area contributed by atoms with E-state index >= 15 is 0 Å². The summed E-state index contributed by atoms with van der Waals surface area (Å²) in [5.74, 6) is -1.28. The molecule has 0 bridgehead atoms. The highest BCUT2D eigenvalue weighted by molar-refractivity contribution is 6.07. The molecule has 6 nitrogen and oxygen atoms in total. The van der Waals surface area contributed by atoms with Gasteiger partial charge in [-0.2, -0.15) is 0 Å². The zero-order chi connectivity index (χ0) is 24.9. The van der Waals surface area contributed by atoms with Gasteiger partial charge in [-0.1, -0.05) is 36.4 Å². The number of nitrogens with zero attached hydrogens (tertiary/aromatic N) is 2. The molecule has 7 heteroatoms. The van der Waals surface area contributed by atoms with E-state index in [1.807, 2.05) is 61.5 Å². The molecule has 0 fully saturated rings. The second kappa shape index (κ2) is 10.5. The molecule has 2 amide bonds. The smallest absolute Gasteiger partial charge is 0.306 e. The Kier molecular flexibility index (Phi) is 7.25. The number of hydrogen-bond donors (Lipinski definition) is 0. The van der Waals surface area contributed by atoms with E-state index in [-0.39, 0.29) is 36.7 Å². The van der Waals surface area contributed by atoms with Gasteiger partial charge in [0.2, 0.25) is 5.91 Å². The molecule has 3 aromatic carbocycles. The van der Waals surface area contributed by atoms with E-state index in [2.05, 4.69) is 0 Å². The summed E-state index contributed by atoms with van der Waals surface area (Å²) in [6.45, 7) is 1.94. The topological polar surface area (TPSA) is 66.9 Å². The van der Waals surface area contributed by atoms with Gasteiger partial charge in [-0.3, -0.25) is 14.4 Å².